The van der Waals surface area contributed by atoms with E-state index in [0.717, 1.165) is 0 Å². The molecule has 6 nitrogen and oxygen atoms in total. The molecule has 1 amide bonds. The Hall–Kier alpha value is -0.760. The third-order valence-electron chi connectivity index (χ3n) is 2.22. The van der Waals surface area contributed by atoms with E-state index < -0.39 is 43.2 Å². The predicted octanol–water partition coefficient (Wildman–Crippen LogP) is -2.10. The monoisotopic (exact) mass is 223 g/mol. The number of amides is 1. The summed E-state index contributed by atoms with van der Waals surface area (Å²) in [5.41, 5.74) is 0. The summed E-state index contributed by atoms with van der Waals surface area (Å²) in [5.74, 6) is -0.517. The summed E-state index contributed by atoms with van der Waals surface area (Å²) >= 11 is 0. The minimum Gasteiger partial charge on any atom is -0.394 e. The number of carbonyl (C=O) groups excluding carboxylic acids is 1. The van der Waals surface area contributed by atoms with Crippen molar-refractivity contribution in [2.75, 3.05) is 6.61 Å². The maximum absolute atomic E-state index is 13.3. The minimum absolute atomic E-state index is 0.517. The lowest BCUT2D eigenvalue weighted by Crippen LogP contribution is -2.62. The second-order valence-corrected chi connectivity index (χ2v) is 3.41. The van der Waals surface area contributed by atoms with Gasteiger partial charge in [0.25, 0.3) is 0 Å². The van der Waals surface area contributed by atoms with Crippen LogP contribution in [0.4, 0.5) is 4.39 Å². The van der Waals surface area contributed by atoms with Crippen LogP contribution in [0.25, 0.3) is 0 Å². The molecule has 0 aromatic heterocycles. The van der Waals surface area contributed by atoms with Crippen molar-refractivity contribution in [3.05, 3.63) is 0 Å². The largest absolute Gasteiger partial charge is 0.394 e. The topological polar surface area (TPSA) is 99.0 Å². The van der Waals surface area contributed by atoms with Crippen molar-refractivity contribution >= 4 is 5.91 Å². The number of rotatable bonds is 2. The molecule has 1 unspecified atom stereocenters. The van der Waals surface area contributed by atoms with E-state index in [9.17, 15) is 19.4 Å². The standard InChI is InChI=1S/C8H14FNO5/c1-3(12)10-6-7(13)5(9)4(2-11)15-8(6)14/h4-8,11,13-14H,2H2,1H3,(H,10,12)/t4?,5-,6-,7-,8-/m0/s1. The minimum atomic E-state index is -1.85. The molecule has 1 aliphatic heterocycles. The number of halogens is 1. The van der Waals surface area contributed by atoms with Crippen molar-refractivity contribution in [3.8, 4) is 0 Å². The Morgan fingerprint density at radius 2 is 2.13 bits per heavy atom. The SMILES string of the molecule is CC(=O)N[C@H]1[C@@H](O)[C@@H](F)C(CO)O[C@@H]1O. The van der Waals surface area contributed by atoms with Crippen LogP contribution in [0.3, 0.4) is 0 Å². The van der Waals surface area contributed by atoms with E-state index in [1.54, 1.807) is 0 Å². The Bertz CT molecular complexity index is 239. The fraction of sp³-hybridized carbons (Fsp3) is 0.875. The van der Waals surface area contributed by atoms with Crippen LogP contribution in [-0.2, 0) is 9.53 Å². The highest BCUT2D eigenvalue weighted by atomic mass is 19.1. The van der Waals surface area contributed by atoms with E-state index in [4.69, 9.17) is 5.11 Å². The molecule has 0 spiro atoms. The van der Waals surface area contributed by atoms with Crippen LogP contribution in [0.1, 0.15) is 6.92 Å². The molecule has 1 saturated heterocycles. The van der Waals surface area contributed by atoms with Crippen LogP contribution < -0.4 is 5.32 Å². The highest BCUT2D eigenvalue weighted by molar-refractivity contribution is 5.73. The van der Waals surface area contributed by atoms with Crippen molar-refractivity contribution in [3.63, 3.8) is 0 Å². The highest BCUT2D eigenvalue weighted by Gasteiger charge is 2.45. The molecule has 0 aliphatic carbocycles. The van der Waals surface area contributed by atoms with Gasteiger partial charge in [-0.1, -0.05) is 0 Å². The van der Waals surface area contributed by atoms with Gasteiger partial charge in [0.05, 0.1) is 6.61 Å². The Balaban J connectivity index is 2.70. The number of alkyl halides is 1. The number of nitrogens with one attached hydrogen (secondary N) is 1. The quantitative estimate of drug-likeness (QED) is 0.430. The van der Waals surface area contributed by atoms with Gasteiger partial charge in [-0.3, -0.25) is 4.79 Å². The fourth-order valence-electron chi connectivity index (χ4n) is 1.46. The fourth-order valence-corrected chi connectivity index (χ4v) is 1.46. The zero-order valence-corrected chi connectivity index (χ0v) is 8.13. The molecular weight excluding hydrogens is 209 g/mol. The summed E-state index contributed by atoms with van der Waals surface area (Å²) in [4.78, 5) is 10.7. The zero-order valence-electron chi connectivity index (χ0n) is 8.13. The van der Waals surface area contributed by atoms with Crippen molar-refractivity contribution < 1.29 is 29.2 Å². The number of hydrogen-bond donors (Lipinski definition) is 4. The number of ether oxygens (including phenoxy) is 1. The molecule has 0 aromatic rings. The molecule has 15 heavy (non-hydrogen) atoms. The molecule has 1 aliphatic rings. The second kappa shape index (κ2) is 4.84. The Labute approximate surface area is 85.7 Å². The van der Waals surface area contributed by atoms with Gasteiger partial charge in [-0.15, -0.1) is 0 Å². The van der Waals surface area contributed by atoms with Gasteiger partial charge in [-0.05, 0) is 0 Å². The lowest BCUT2D eigenvalue weighted by molar-refractivity contribution is -0.240. The summed E-state index contributed by atoms with van der Waals surface area (Å²) in [6, 6.07) is -1.22. The van der Waals surface area contributed by atoms with Gasteiger partial charge < -0.3 is 25.4 Å². The van der Waals surface area contributed by atoms with Crippen LogP contribution in [0, 0.1) is 0 Å². The first-order chi connectivity index (χ1) is 6.97. The van der Waals surface area contributed by atoms with Gasteiger partial charge in [-0.25, -0.2) is 4.39 Å². The van der Waals surface area contributed by atoms with E-state index in [-0.39, 0.29) is 0 Å². The second-order valence-electron chi connectivity index (χ2n) is 3.41. The van der Waals surface area contributed by atoms with E-state index in [0.29, 0.717) is 0 Å². The molecule has 0 radical (unpaired) electrons. The average molecular weight is 223 g/mol. The molecular formula is C8H14FNO5. The van der Waals surface area contributed by atoms with Gasteiger partial charge in [-0.2, -0.15) is 0 Å². The van der Waals surface area contributed by atoms with Gasteiger partial charge in [0.2, 0.25) is 5.91 Å². The Kier molecular flexibility index (Phi) is 3.97. The van der Waals surface area contributed by atoms with Crippen molar-refractivity contribution in [2.45, 2.75) is 37.6 Å². The molecule has 1 fully saturated rings. The zero-order chi connectivity index (χ0) is 11.6. The van der Waals surface area contributed by atoms with Crippen LogP contribution in [0.15, 0.2) is 0 Å². The Morgan fingerprint density at radius 3 is 2.60 bits per heavy atom. The first-order valence-electron chi connectivity index (χ1n) is 4.51. The summed E-state index contributed by atoms with van der Waals surface area (Å²) in [5, 5.41) is 29.6. The highest BCUT2D eigenvalue weighted by Crippen LogP contribution is 2.22. The summed E-state index contributed by atoms with van der Waals surface area (Å²) in [6.07, 6.45) is -6.27. The van der Waals surface area contributed by atoms with Crippen molar-refractivity contribution in [1.29, 1.82) is 0 Å². The predicted molar refractivity (Wildman–Crippen MR) is 46.5 cm³/mol. The molecule has 7 heteroatoms. The Morgan fingerprint density at radius 1 is 1.53 bits per heavy atom. The third kappa shape index (κ3) is 2.63. The van der Waals surface area contributed by atoms with E-state index in [2.05, 4.69) is 10.1 Å². The summed E-state index contributed by atoms with van der Waals surface area (Å²) in [7, 11) is 0. The van der Waals surface area contributed by atoms with Gasteiger partial charge in [0, 0.05) is 6.92 Å². The van der Waals surface area contributed by atoms with Crippen LogP contribution in [0.2, 0.25) is 0 Å². The normalized spacial score (nSPS) is 41.3. The molecule has 0 saturated carbocycles. The average Bonchev–Trinajstić information content (AvgIpc) is 2.18. The molecule has 0 aromatic carbocycles. The number of hydrogen-bond acceptors (Lipinski definition) is 5. The van der Waals surface area contributed by atoms with Crippen LogP contribution in [-0.4, -0.2) is 58.5 Å². The van der Waals surface area contributed by atoms with E-state index >= 15 is 0 Å². The smallest absolute Gasteiger partial charge is 0.217 e. The van der Waals surface area contributed by atoms with Gasteiger partial charge in [0.15, 0.2) is 12.5 Å². The maximum atomic E-state index is 13.3. The van der Waals surface area contributed by atoms with Crippen molar-refractivity contribution in [2.24, 2.45) is 0 Å². The first-order valence-corrected chi connectivity index (χ1v) is 4.51. The van der Waals surface area contributed by atoms with E-state index in [1.165, 1.54) is 6.92 Å². The molecule has 4 N–H and O–H groups in total. The van der Waals surface area contributed by atoms with E-state index in [1.807, 2.05) is 0 Å². The number of aliphatic hydroxyl groups is 3. The van der Waals surface area contributed by atoms with Crippen LogP contribution >= 0.6 is 0 Å². The summed E-state index contributed by atoms with van der Waals surface area (Å²) in [6.45, 7) is 0.521. The van der Waals surface area contributed by atoms with Crippen LogP contribution in [0.5, 0.6) is 0 Å². The third-order valence-corrected chi connectivity index (χ3v) is 2.22. The molecule has 0 bridgehead atoms. The summed E-state index contributed by atoms with van der Waals surface area (Å²) < 4.78 is 18.0. The molecule has 1 heterocycles. The van der Waals surface area contributed by atoms with Crippen molar-refractivity contribution in [1.82, 2.24) is 5.32 Å². The lowest BCUT2D eigenvalue weighted by atomic mass is 9.98. The number of aliphatic hydroxyl groups excluding tert-OH is 3. The first kappa shape index (κ1) is 12.3. The lowest BCUT2D eigenvalue weighted by Gasteiger charge is -2.38. The number of carbonyl (C=O) groups is 1. The molecule has 5 atom stereocenters. The molecule has 1 rings (SSSR count). The molecule has 88 valence electrons. The van der Waals surface area contributed by atoms with Gasteiger partial charge in [0.1, 0.15) is 18.2 Å². The van der Waals surface area contributed by atoms with Gasteiger partial charge >= 0.3 is 0 Å². The maximum Gasteiger partial charge on any atom is 0.217 e.